The second-order valence-electron chi connectivity index (χ2n) is 6.47. The van der Waals surface area contributed by atoms with Crippen molar-refractivity contribution >= 4 is 23.4 Å². The van der Waals surface area contributed by atoms with E-state index in [2.05, 4.69) is 5.32 Å². The molecule has 0 atom stereocenters. The summed E-state index contributed by atoms with van der Waals surface area (Å²) in [5.74, 6) is -0.0553. The van der Waals surface area contributed by atoms with Crippen molar-refractivity contribution in [3.05, 3.63) is 87.2 Å². The molecule has 0 unspecified atom stereocenters. The maximum absolute atomic E-state index is 12.4. The first-order valence-electron chi connectivity index (χ1n) is 8.72. The molecule has 0 spiro atoms. The topological polar surface area (TPSA) is 109 Å². The van der Waals surface area contributed by atoms with Crippen LogP contribution < -0.4 is 5.32 Å². The molecule has 1 N–H and O–H groups in total. The van der Waals surface area contributed by atoms with Crippen LogP contribution in [0.25, 0.3) is 17.4 Å². The van der Waals surface area contributed by atoms with Gasteiger partial charge in [-0.1, -0.05) is 23.8 Å². The van der Waals surface area contributed by atoms with E-state index in [0.29, 0.717) is 11.3 Å². The molecule has 0 aliphatic carbocycles. The summed E-state index contributed by atoms with van der Waals surface area (Å²) in [5.41, 5.74) is 2.47. The van der Waals surface area contributed by atoms with E-state index in [1.165, 1.54) is 12.1 Å². The second-order valence-corrected chi connectivity index (χ2v) is 6.47. The van der Waals surface area contributed by atoms with E-state index < -0.39 is 10.8 Å². The van der Waals surface area contributed by atoms with Gasteiger partial charge >= 0.3 is 0 Å². The third-order valence-electron chi connectivity index (χ3n) is 4.20. The number of nitro benzene ring substituents is 1. The lowest BCUT2D eigenvalue weighted by Gasteiger charge is -2.04. The number of aryl methyl sites for hydroxylation is 2. The van der Waals surface area contributed by atoms with Gasteiger partial charge in [-0.3, -0.25) is 14.9 Å². The van der Waals surface area contributed by atoms with Gasteiger partial charge in [0.05, 0.1) is 10.5 Å². The molecule has 0 saturated carbocycles. The average molecular weight is 387 g/mol. The minimum absolute atomic E-state index is 0.0764. The van der Waals surface area contributed by atoms with Gasteiger partial charge in [0, 0.05) is 17.8 Å². The minimum atomic E-state index is -0.574. The van der Waals surface area contributed by atoms with Gasteiger partial charge in [0.1, 0.15) is 23.2 Å². The quantitative estimate of drug-likeness (QED) is 0.286. The molecular weight excluding hydrogens is 370 g/mol. The Labute approximate surface area is 167 Å². The van der Waals surface area contributed by atoms with Gasteiger partial charge in [0.15, 0.2) is 0 Å². The van der Waals surface area contributed by atoms with E-state index in [9.17, 15) is 20.2 Å². The zero-order chi connectivity index (χ0) is 21.0. The Morgan fingerprint density at radius 1 is 1.10 bits per heavy atom. The summed E-state index contributed by atoms with van der Waals surface area (Å²) < 4.78 is 5.64. The molecule has 1 amide bonds. The number of nitrogens with one attached hydrogen (secondary N) is 1. The van der Waals surface area contributed by atoms with Gasteiger partial charge < -0.3 is 9.73 Å². The van der Waals surface area contributed by atoms with Gasteiger partial charge in [0.25, 0.3) is 11.6 Å². The molecule has 0 aliphatic heterocycles. The van der Waals surface area contributed by atoms with Crippen molar-refractivity contribution in [2.24, 2.45) is 0 Å². The number of nitrogens with zero attached hydrogens (tertiary/aromatic N) is 2. The van der Waals surface area contributed by atoms with Gasteiger partial charge in [-0.05, 0) is 49.7 Å². The fourth-order valence-electron chi connectivity index (χ4n) is 2.70. The fraction of sp³-hybridized carbons (Fsp3) is 0.0909. The summed E-state index contributed by atoms with van der Waals surface area (Å²) in [6.45, 7) is 3.69. The predicted octanol–water partition coefficient (Wildman–Crippen LogP) is 5.02. The standard InChI is InChI=1S/C22H17N3O4/c1-14-3-6-17(7-4-14)24-22(26)16(13-23)12-18-8-10-21(29-18)19-9-5-15(2)11-20(19)25(27)28/h3-12H,1-2H3,(H,24,26)/b16-12+. The van der Waals surface area contributed by atoms with Crippen LogP contribution in [0.1, 0.15) is 16.9 Å². The number of anilines is 1. The molecule has 144 valence electrons. The Bertz CT molecular complexity index is 1150. The van der Waals surface area contributed by atoms with Crippen LogP contribution in [0.2, 0.25) is 0 Å². The Morgan fingerprint density at radius 3 is 2.45 bits per heavy atom. The van der Waals surface area contributed by atoms with Crippen LogP contribution in [-0.2, 0) is 4.79 Å². The Balaban J connectivity index is 1.86. The molecule has 7 heteroatoms. The van der Waals surface area contributed by atoms with E-state index in [-0.39, 0.29) is 22.8 Å². The van der Waals surface area contributed by atoms with Gasteiger partial charge in [0.2, 0.25) is 0 Å². The molecule has 1 heterocycles. The van der Waals surface area contributed by atoms with Crippen LogP contribution in [0.3, 0.4) is 0 Å². The number of carbonyl (C=O) groups is 1. The van der Waals surface area contributed by atoms with Crippen LogP contribution in [0.5, 0.6) is 0 Å². The Morgan fingerprint density at radius 2 is 1.79 bits per heavy atom. The number of rotatable bonds is 5. The van der Waals surface area contributed by atoms with Crippen LogP contribution in [0.4, 0.5) is 11.4 Å². The maximum Gasteiger partial charge on any atom is 0.280 e. The summed E-state index contributed by atoms with van der Waals surface area (Å²) in [6.07, 6.45) is 1.30. The van der Waals surface area contributed by atoms with Crippen molar-refractivity contribution in [2.45, 2.75) is 13.8 Å². The number of benzene rings is 2. The normalized spacial score (nSPS) is 11.0. The predicted molar refractivity (Wildman–Crippen MR) is 109 cm³/mol. The van der Waals surface area contributed by atoms with E-state index in [1.807, 2.05) is 25.1 Å². The Hall–Kier alpha value is -4.18. The molecule has 7 nitrogen and oxygen atoms in total. The molecule has 0 radical (unpaired) electrons. The van der Waals surface area contributed by atoms with Gasteiger partial charge in [-0.15, -0.1) is 0 Å². The summed E-state index contributed by atoms with van der Waals surface area (Å²) in [6, 6.07) is 17.0. The Kier molecular flexibility index (Phi) is 5.56. The lowest BCUT2D eigenvalue weighted by atomic mass is 10.1. The highest BCUT2D eigenvalue weighted by Crippen LogP contribution is 2.32. The summed E-state index contributed by atoms with van der Waals surface area (Å²) >= 11 is 0. The van der Waals surface area contributed by atoms with Crippen molar-refractivity contribution in [1.82, 2.24) is 0 Å². The van der Waals surface area contributed by atoms with Crippen LogP contribution in [0, 0.1) is 35.3 Å². The number of carbonyl (C=O) groups excluding carboxylic acids is 1. The number of furan rings is 1. The highest BCUT2D eigenvalue weighted by atomic mass is 16.6. The number of amides is 1. The first-order valence-corrected chi connectivity index (χ1v) is 8.72. The zero-order valence-electron chi connectivity index (χ0n) is 15.8. The molecule has 3 aromatic rings. The van der Waals surface area contributed by atoms with Crippen molar-refractivity contribution < 1.29 is 14.1 Å². The van der Waals surface area contributed by atoms with Crippen molar-refractivity contribution in [3.8, 4) is 17.4 Å². The minimum Gasteiger partial charge on any atom is -0.456 e. The molecule has 3 rings (SSSR count). The highest BCUT2D eigenvalue weighted by molar-refractivity contribution is 6.09. The molecule has 1 aromatic heterocycles. The zero-order valence-corrected chi connectivity index (χ0v) is 15.8. The first kappa shape index (κ1) is 19.6. The fourth-order valence-corrected chi connectivity index (χ4v) is 2.70. The smallest absolute Gasteiger partial charge is 0.280 e. The van der Waals surface area contributed by atoms with E-state index >= 15 is 0 Å². The molecular formula is C22H17N3O4. The second kappa shape index (κ2) is 8.23. The van der Waals surface area contributed by atoms with Crippen molar-refractivity contribution in [3.63, 3.8) is 0 Å². The van der Waals surface area contributed by atoms with Crippen LogP contribution in [0.15, 0.2) is 64.6 Å². The lowest BCUT2D eigenvalue weighted by molar-refractivity contribution is -0.384. The van der Waals surface area contributed by atoms with E-state index in [4.69, 9.17) is 4.42 Å². The highest BCUT2D eigenvalue weighted by Gasteiger charge is 2.18. The largest absolute Gasteiger partial charge is 0.456 e. The molecule has 0 saturated heterocycles. The molecule has 29 heavy (non-hydrogen) atoms. The van der Waals surface area contributed by atoms with Crippen molar-refractivity contribution in [2.75, 3.05) is 5.32 Å². The number of hydrogen-bond donors (Lipinski definition) is 1. The summed E-state index contributed by atoms with van der Waals surface area (Å²) in [5, 5.41) is 23.3. The molecule has 0 aliphatic rings. The van der Waals surface area contributed by atoms with Gasteiger partial charge in [-0.2, -0.15) is 5.26 Å². The lowest BCUT2D eigenvalue weighted by Crippen LogP contribution is -2.13. The van der Waals surface area contributed by atoms with E-state index in [0.717, 1.165) is 11.1 Å². The third kappa shape index (κ3) is 4.57. The number of hydrogen-bond acceptors (Lipinski definition) is 5. The van der Waals surface area contributed by atoms with Crippen molar-refractivity contribution in [1.29, 1.82) is 5.26 Å². The number of nitro groups is 1. The molecule has 0 fully saturated rings. The van der Waals surface area contributed by atoms with Crippen LogP contribution >= 0.6 is 0 Å². The SMILES string of the molecule is Cc1ccc(NC(=O)/C(C#N)=C/c2ccc(-c3ccc(C)cc3[N+](=O)[O-])o2)cc1. The molecule has 2 aromatic carbocycles. The first-order chi connectivity index (χ1) is 13.9. The summed E-state index contributed by atoms with van der Waals surface area (Å²) in [4.78, 5) is 23.2. The maximum atomic E-state index is 12.4. The van der Waals surface area contributed by atoms with Gasteiger partial charge in [-0.25, -0.2) is 0 Å². The number of nitriles is 1. The third-order valence-corrected chi connectivity index (χ3v) is 4.20. The monoisotopic (exact) mass is 387 g/mol. The van der Waals surface area contributed by atoms with Crippen LogP contribution in [-0.4, -0.2) is 10.8 Å². The average Bonchev–Trinajstić information content (AvgIpc) is 3.16. The van der Waals surface area contributed by atoms with E-state index in [1.54, 1.807) is 43.3 Å². The summed E-state index contributed by atoms with van der Waals surface area (Å²) in [7, 11) is 0. The molecule has 0 bridgehead atoms.